The van der Waals surface area contributed by atoms with E-state index < -0.39 is 0 Å². The molecule has 0 aromatic heterocycles. The van der Waals surface area contributed by atoms with E-state index in [1.807, 2.05) is 6.07 Å². The Labute approximate surface area is 118 Å². The molecule has 1 aliphatic rings. The number of ether oxygens (including phenoxy) is 1. The molecule has 0 heterocycles. The van der Waals surface area contributed by atoms with Crippen molar-refractivity contribution in [2.45, 2.75) is 19.3 Å². The molecule has 0 radical (unpaired) electrons. The molecule has 0 bridgehead atoms. The maximum Gasteiger partial charge on any atom is 0.121 e. The Morgan fingerprint density at radius 1 is 1.10 bits per heavy atom. The second-order valence-electron chi connectivity index (χ2n) is 4.99. The minimum atomic E-state index is 0.617. The number of hydrogen-bond donors (Lipinski definition) is 1. The minimum Gasteiger partial charge on any atom is -0.497 e. The first-order chi connectivity index (χ1) is 9.80. The predicted octanol–water partition coefficient (Wildman–Crippen LogP) is 3.80. The van der Waals surface area contributed by atoms with E-state index >= 15 is 0 Å². The maximum atomic E-state index is 9.18. The zero-order chi connectivity index (χ0) is 13.9. The highest BCUT2D eigenvalue weighted by Gasteiger charge is 2.11. The van der Waals surface area contributed by atoms with Crippen LogP contribution in [0.4, 0.5) is 11.4 Å². The van der Waals surface area contributed by atoms with Gasteiger partial charge in [-0.2, -0.15) is 5.26 Å². The molecule has 100 valence electrons. The van der Waals surface area contributed by atoms with Crippen molar-refractivity contribution in [3.63, 3.8) is 0 Å². The van der Waals surface area contributed by atoms with Gasteiger partial charge in [0.25, 0.3) is 0 Å². The first kappa shape index (κ1) is 12.6. The number of methoxy groups -OCH3 is 1. The van der Waals surface area contributed by atoms with Crippen molar-refractivity contribution in [3.05, 3.63) is 53.1 Å². The van der Waals surface area contributed by atoms with E-state index in [4.69, 9.17) is 4.74 Å². The molecule has 20 heavy (non-hydrogen) atoms. The van der Waals surface area contributed by atoms with Crippen LogP contribution in [-0.2, 0) is 12.8 Å². The van der Waals surface area contributed by atoms with E-state index in [-0.39, 0.29) is 0 Å². The van der Waals surface area contributed by atoms with E-state index in [1.165, 1.54) is 24.0 Å². The average molecular weight is 264 g/mol. The topological polar surface area (TPSA) is 45.0 Å². The van der Waals surface area contributed by atoms with Gasteiger partial charge in [-0.15, -0.1) is 0 Å². The van der Waals surface area contributed by atoms with Gasteiger partial charge in [0.05, 0.1) is 18.4 Å². The summed E-state index contributed by atoms with van der Waals surface area (Å²) in [5, 5.41) is 12.5. The van der Waals surface area contributed by atoms with E-state index in [1.54, 1.807) is 19.2 Å². The Balaban J connectivity index is 1.92. The number of nitrogens with one attached hydrogen (secondary N) is 1. The summed E-state index contributed by atoms with van der Waals surface area (Å²) in [6, 6.07) is 14.1. The van der Waals surface area contributed by atoms with Crippen LogP contribution in [0.3, 0.4) is 0 Å². The second kappa shape index (κ2) is 5.26. The molecule has 2 aromatic rings. The van der Waals surface area contributed by atoms with Crippen LogP contribution in [-0.4, -0.2) is 7.11 Å². The van der Waals surface area contributed by atoms with Crippen LogP contribution in [0.25, 0.3) is 0 Å². The molecule has 2 aromatic carbocycles. The molecule has 3 nitrogen and oxygen atoms in total. The molecule has 1 N–H and O–H groups in total. The number of nitriles is 1. The van der Waals surface area contributed by atoms with Gasteiger partial charge < -0.3 is 10.1 Å². The number of benzene rings is 2. The molecule has 0 atom stereocenters. The third-order valence-electron chi connectivity index (χ3n) is 3.72. The highest BCUT2D eigenvalue weighted by Crippen LogP contribution is 2.29. The summed E-state index contributed by atoms with van der Waals surface area (Å²) in [7, 11) is 1.63. The Hall–Kier alpha value is -2.47. The monoisotopic (exact) mass is 264 g/mol. The number of hydrogen-bond acceptors (Lipinski definition) is 3. The lowest BCUT2D eigenvalue weighted by Crippen LogP contribution is -1.96. The van der Waals surface area contributed by atoms with Crippen LogP contribution in [0.1, 0.15) is 23.1 Å². The molecule has 3 rings (SSSR count). The summed E-state index contributed by atoms with van der Waals surface area (Å²) in [5.41, 5.74) is 5.28. The fourth-order valence-electron chi connectivity index (χ4n) is 2.66. The first-order valence-electron chi connectivity index (χ1n) is 6.77. The molecule has 0 aliphatic heterocycles. The molecular formula is C17H16N2O. The Bertz CT molecular complexity index is 686. The molecule has 0 fully saturated rings. The largest absolute Gasteiger partial charge is 0.497 e. The number of anilines is 2. The van der Waals surface area contributed by atoms with Crippen molar-refractivity contribution in [3.8, 4) is 11.8 Å². The van der Waals surface area contributed by atoms with Gasteiger partial charge in [-0.1, -0.05) is 6.07 Å². The van der Waals surface area contributed by atoms with Crippen LogP contribution in [0.2, 0.25) is 0 Å². The summed E-state index contributed by atoms with van der Waals surface area (Å²) >= 11 is 0. The van der Waals surface area contributed by atoms with Gasteiger partial charge in [0, 0.05) is 11.8 Å². The van der Waals surface area contributed by atoms with Crippen molar-refractivity contribution >= 4 is 11.4 Å². The number of fused-ring (bicyclic) bond motifs is 1. The molecule has 0 unspecified atom stereocenters. The SMILES string of the molecule is COc1ccc(C#N)c(Nc2ccc3c(c2)CCC3)c1. The highest BCUT2D eigenvalue weighted by molar-refractivity contribution is 5.69. The number of nitrogens with zero attached hydrogens (tertiary/aromatic N) is 1. The zero-order valence-electron chi connectivity index (χ0n) is 11.4. The normalized spacial score (nSPS) is 12.6. The fourth-order valence-corrected chi connectivity index (χ4v) is 2.66. The Morgan fingerprint density at radius 2 is 1.95 bits per heavy atom. The number of aryl methyl sites for hydroxylation is 2. The van der Waals surface area contributed by atoms with Crippen molar-refractivity contribution in [2.24, 2.45) is 0 Å². The third kappa shape index (κ3) is 2.33. The Morgan fingerprint density at radius 3 is 2.75 bits per heavy atom. The van der Waals surface area contributed by atoms with Crippen molar-refractivity contribution in [2.75, 3.05) is 12.4 Å². The molecule has 0 saturated heterocycles. The predicted molar refractivity (Wildman–Crippen MR) is 79.5 cm³/mol. The lowest BCUT2D eigenvalue weighted by Gasteiger charge is -2.11. The van der Waals surface area contributed by atoms with Gasteiger partial charge in [-0.3, -0.25) is 0 Å². The standard InChI is InChI=1S/C17H16N2O/c1-20-16-8-6-14(11-18)17(10-16)19-15-7-5-12-3-2-4-13(12)9-15/h5-10,19H,2-4H2,1H3. The summed E-state index contributed by atoms with van der Waals surface area (Å²) in [4.78, 5) is 0. The van der Waals surface area contributed by atoms with Crippen molar-refractivity contribution in [1.29, 1.82) is 5.26 Å². The van der Waals surface area contributed by atoms with Gasteiger partial charge in [0.1, 0.15) is 11.8 Å². The summed E-state index contributed by atoms with van der Waals surface area (Å²) in [5.74, 6) is 0.743. The summed E-state index contributed by atoms with van der Waals surface area (Å²) in [6.45, 7) is 0. The Kier molecular flexibility index (Phi) is 3.30. The zero-order valence-corrected chi connectivity index (χ0v) is 11.4. The van der Waals surface area contributed by atoms with Crippen LogP contribution < -0.4 is 10.1 Å². The molecule has 1 aliphatic carbocycles. The lowest BCUT2D eigenvalue weighted by molar-refractivity contribution is 0.415. The van der Waals surface area contributed by atoms with Crippen LogP contribution in [0.15, 0.2) is 36.4 Å². The van der Waals surface area contributed by atoms with Gasteiger partial charge in [-0.25, -0.2) is 0 Å². The lowest BCUT2D eigenvalue weighted by atomic mass is 10.1. The minimum absolute atomic E-state index is 0.617. The quantitative estimate of drug-likeness (QED) is 0.917. The smallest absolute Gasteiger partial charge is 0.121 e. The number of rotatable bonds is 3. The summed E-state index contributed by atoms with van der Waals surface area (Å²) < 4.78 is 5.22. The van der Waals surface area contributed by atoms with Gasteiger partial charge in [0.2, 0.25) is 0 Å². The molecule has 0 saturated carbocycles. The van der Waals surface area contributed by atoms with Gasteiger partial charge in [-0.05, 0) is 54.7 Å². The van der Waals surface area contributed by atoms with E-state index in [0.717, 1.165) is 23.5 Å². The first-order valence-corrected chi connectivity index (χ1v) is 6.77. The van der Waals surface area contributed by atoms with Gasteiger partial charge in [0.15, 0.2) is 0 Å². The molecule has 3 heteroatoms. The van der Waals surface area contributed by atoms with Crippen molar-refractivity contribution in [1.82, 2.24) is 0 Å². The van der Waals surface area contributed by atoms with Crippen LogP contribution in [0.5, 0.6) is 5.75 Å². The van der Waals surface area contributed by atoms with E-state index in [9.17, 15) is 5.26 Å². The second-order valence-corrected chi connectivity index (χ2v) is 4.99. The van der Waals surface area contributed by atoms with Gasteiger partial charge >= 0.3 is 0 Å². The molecular weight excluding hydrogens is 248 g/mol. The average Bonchev–Trinajstić information content (AvgIpc) is 2.94. The van der Waals surface area contributed by atoms with Crippen molar-refractivity contribution < 1.29 is 4.74 Å². The molecule has 0 spiro atoms. The summed E-state index contributed by atoms with van der Waals surface area (Å²) in [6.07, 6.45) is 3.56. The van der Waals surface area contributed by atoms with E-state index in [2.05, 4.69) is 29.6 Å². The van der Waals surface area contributed by atoms with E-state index in [0.29, 0.717) is 5.56 Å². The van der Waals surface area contributed by atoms with Crippen LogP contribution in [0, 0.1) is 11.3 Å². The fraction of sp³-hybridized carbons (Fsp3) is 0.235. The molecule has 0 amide bonds. The highest BCUT2D eigenvalue weighted by atomic mass is 16.5. The third-order valence-corrected chi connectivity index (χ3v) is 3.72. The maximum absolute atomic E-state index is 9.18. The van der Waals surface area contributed by atoms with Crippen LogP contribution >= 0.6 is 0 Å².